The highest BCUT2D eigenvalue weighted by molar-refractivity contribution is 5.92. The Labute approximate surface area is 144 Å². The summed E-state index contributed by atoms with van der Waals surface area (Å²) in [4.78, 5) is 23.1. The van der Waals surface area contributed by atoms with Crippen LogP contribution in [0.2, 0.25) is 0 Å². The summed E-state index contributed by atoms with van der Waals surface area (Å²) >= 11 is 0. The number of rotatable bonds is 5. The van der Waals surface area contributed by atoms with Crippen LogP contribution in [0, 0.1) is 17.8 Å². The van der Waals surface area contributed by atoms with E-state index in [-0.39, 0.29) is 12.8 Å². The van der Waals surface area contributed by atoms with Crippen molar-refractivity contribution < 1.29 is 27.9 Å². The fourth-order valence-electron chi connectivity index (χ4n) is 3.24. The minimum Gasteiger partial charge on any atom is -0.481 e. The van der Waals surface area contributed by atoms with Crippen molar-refractivity contribution in [2.24, 2.45) is 17.8 Å². The van der Waals surface area contributed by atoms with E-state index < -0.39 is 35.8 Å². The number of hydrogen-bond acceptors (Lipinski definition) is 2. The number of nitrogens with one attached hydrogen (secondary N) is 1. The Balaban J connectivity index is 2.01. The molecule has 0 bridgehead atoms. The SMILES string of the molecule is CC(Cc1ccc(NC(=O)C2CCCCC2C(F)(F)F)cc1)C(=O)O. The van der Waals surface area contributed by atoms with Crippen LogP contribution < -0.4 is 5.32 Å². The van der Waals surface area contributed by atoms with Crippen LogP contribution in [0.15, 0.2) is 24.3 Å². The Kier molecular flexibility index (Phi) is 6.08. The van der Waals surface area contributed by atoms with Crippen molar-refractivity contribution in [2.75, 3.05) is 5.32 Å². The molecule has 0 radical (unpaired) electrons. The Morgan fingerprint density at radius 2 is 1.80 bits per heavy atom. The molecule has 0 spiro atoms. The van der Waals surface area contributed by atoms with Gasteiger partial charge in [-0.05, 0) is 37.0 Å². The standard InChI is InChI=1S/C18H22F3NO3/c1-11(17(24)25)10-12-6-8-13(9-7-12)22-16(23)14-4-2-3-5-15(14)18(19,20)21/h6-9,11,14-15H,2-5,10H2,1H3,(H,22,23)(H,24,25). The molecule has 4 nitrogen and oxygen atoms in total. The van der Waals surface area contributed by atoms with Gasteiger partial charge in [-0.2, -0.15) is 13.2 Å². The summed E-state index contributed by atoms with van der Waals surface area (Å²) < 4.78 is 39.3. The smallest absolute Gasteiger partial charge is 0.392 e. The lowest BCUT2D eigenvalue weighted by Gasteiger charge is -2.32. The van der Waals surface area contributed by atoms with Crippen LogP contribution in [0.4, 0.5) is 18.9 Å². The van der Waals surface area contributed by atoms with E-state index in [0.717, 1.165) is 5.56 Å². The topological polar surface area (TPSA) is 66.4 Å². The zero-order valence-electron chi connectivity index (χ0n) is 14.0. The first-order valence-corrected chi connectivity index (χ1v) is 8.38. The van der Waals surface area contributed by atoms with Crippen LogP contribution in [0.5, 0.6) is 0 Å². The third-order valence-corrected chi connectivity index (χ3v) is 4.71. The van der Waals surface area contributed by atoms with E-state index in [1.165, 1.54) is 0 Å². The molecule has 0 aliphatic heterocycles. The van der Waals surface area contributed by atoms with Crippen LogP contribution in [-0.2, 0) is 16.0 Å². The van der Waals surface area contributed by atoms with Crippen molar-refractivity contribution in [3.8, 4) is 0 Å². The largest absolute Gasteiger partial charge is 0.481 e. The Bertz CT molecular complexity index is 613. The van der Waals surface area contributed by atoms with Gasteiger partial charge in [0.05, 0.1) is 11.8 Å². The quantitative estimate of drug-likeness (QED) is 0.828. The number of anilines is 1. The first-order valence-electron chi connectivity index (χ1n) is 8.38. The number of aliphatic carboxylic acids is 1. The first-order chi connectivity index (χ1) is 11.7. The van der Waals surface area contributed by atoms with E-state index in [1.807, 2.05) is 0 Å². The predicted octanol–water partition coefficient (Wildman–Crippen LogP) is 4.26. The van der Waals surface area contributed by atoms with Gasteiger partial charge in [-0.3, -0.25) is 9.59 Å². The van der Waals surface area contributed by atoms with E-state index in [0.29, 0.717) is 24.9 Å². The molecule has 2 N–H and O–H groups in total. The lowest BCUT2D eigenvalue weighted by molar-refractivity contribution is -0.197. The highest BCUT2D eigenvalue weighted by Gasteiger charge is 2.48. The summed E-state index contributed by atoms with van der Waals surface area (Å²) in [5.74, 6) is -4.67. The van der Waals surface area contributed by atoms with Gasteiger partial charge in [0.15, 0.2) is 0 Å². The molecule has 138 valence electrons. The van der Waals surface area contributed by atoms with Gasteiger partial charge in [-0.1, -0.05) is 31.9 Å². The molecule has 3 unspecified atom stereocenters. The van der Waals surface area contributed by atoms with E-state index >= 15 is 0 Å². The number of carbonyl (C=O) groups excluding carboxylic acids is 1. The van der Waals surface area contributed by atoms with Gasteiger partial charge in [0, 0.05) is 11.6 Å². The summed E-state index contributed by atoms with van der Waals surface area (Å²) in [5, 5.41) is 11.5. The Morgan fingerprint density at radius 1 is 1.20 bits per heavy atom. The van der Waals surface area contributed by atoms with E-state index in [4.69, 9.17) is 5.11 Å². The molecular formula is C18H22F3NO3. The van der Waals surface area contributed by atoms with Crippen molar-refractivity contribution in [3.05, 3.63) is 29.8 Å². The summed E-state index contributed by atoms with van der Waals surface area (Å²) in [6.07, 6.45) is -2.67. The molecule has 7 heteroatoms. The van der Waals surface area contributed by atoms with Gasteiger partial charge in [0.2, 0.25) is 5.91 Å². The van der Waals surface area contributed by atoms with E-state index in [1.54, 1.807) is 31.2 Å². The number of hydrogen-bond donors (Lipinski definition) is 2. The Hall–Kier alpha value is -2.05. The maximum absolute atomic E-state index is 13.1. The van der Waals surface area contributed by atoms with Gasteiger partial charge >= 0.3 is 12.1 Å². The second-order valence-corrected chi connectivity index (χ2v) is 6.67. The number of amides is 1. The molecule has 1 aliphatic rings. The van der Waals surface area contributed by atoms with E-state index in [9.17, 15) is 22.8 Å². The fourth-order valence-corrected chi connectivity index (χ4v) is 3.24. The molecule has 1 fully saturated rings. The predicted molar refractivity (Wildman–Crippen MR) is 87.1 cm³/mol. The van der Waals surface area contributed by atoms with Gasteiger partial charge in [0.1, 0.15) is 0 Å². The molecule has 1 aliphatic carbocycles. The molecule has 1 aromatic carbocycles. The van der Waals surface area contributed by atoms with Gasteiger partial charge in [-0.15, -0.1) is 0 Å². The van der Waals surface area contributed by atoms with Gasteiger partial charge < -0.3 is 10.4 Å². The number of benzene rings is 1. The average molecular weight is 357 g/mol. The zero-order valence-corrected chi connectivity index (χ0v) is 14.0. The number of carboxylic acid groups (broad SMARTS) is 1. The second-order valence-electron chi connectivity index (χ2n) is 6.67. The molecule has 0 saturated heterocycles. The maximum atomic E-state index is 13.1. The molecule has 0 heterocycles. The van der Waals surface area contributed by atoms with Gasteiger partial charge in [-0.25, -0.2) is 0 Å². The van der Waals surface area contributed by atoms with Crippen molar-refractivity contribution in [3.63, 3.8) is 0 Å². The summed E-state index contributed by atoms with van der Waals surface area (Å²) in [5.41, 5.74) is 1.21. The second kappa shape index (κ2) is 7.89. The molecular weight excluding hydrogens is 335 g/mol. The fraction of sp³-hybridized carbons (Fsp3) is 0.556. The summed E-state index contributed by atoms with van der Waals surface area (Å²) in [6.45, 7) is 1.60. The van der Waals surface area contributed by atoms with Crippen molar-refractivity contribution in [1.82, 2.24) is 0 Å². The lowest BCUT2D eigenvalue weighted by Crippen LogP contribution is -2.39. The molecule has 3 atom stereocenters. The van der Waals surface area contributed by atoms with Crippen LogP contribution in [0.3, 0.4) is 0 Å². The number of halogens is 3. The van der Waals surface area contributed by atoms with Crippen LogP contribution in [0.25, 0.3) is 0 Å². The minimum absolute atomic E-state index is 0.00635. The number of carboxylic acids is 1. The highest BCUT2D eigenvalue weighted by Crippen LogP contribution is 2.41. The van der Waals surface area contributed by atoms with E-state index in [2.05, 4.69) is 5.32 Å². The Morgan fingerprint density at radius 3 is 2.36 bits per heavy atom. The first kappa shape index (κ1) is 19.3. The zero-order chi connectivity index (χ0) is 18.6. The monoisotopic (exact) mass is 357 g/mol. The molecule has 0 aromatic heterocycles. The molecule has 1 aromatic rings. The average Bonchev–Trinajstić information content (AvgIpc) is 2.55. The molecule has 1 amide bonds. The number of carbonyl (C=O) groups is 2. The van der Waals surface area contributed by atoms with Crippen LogP contribution in [-0.4, -0.2) is 23.2 Å². The molecule has 2 rings (SSSR count). The third-order valence-electron chi connectivity index (χ3n) is 4.71. The maximum Gasteiger partial charge on any atom is 0.392 e. The third kappa shape index (κ3) is 5.21. The van der Waals surface area contributed by atoms with Crippen molar-refractivity contribution in [1.29, 1.82) is 0 Å². The van der Waals surface area contributed by atoms with Gasteiger partial charge in [0.25, 0.3) is 0 Å². The summed E-state index contributed by atoms with van der Waals surface area (Å²) in [6, 6.07) is 6.54. The lowest BCUT2D eigenvalue weighted by atomic mass is 9.78. The van der Waals surface area contributed by atoms with Crippen LogP contribution >= 0.6 is 0 Å². The summed E-state index contributed by atoms with van der Waals surface area (Å²) in [7, 11) is 0. The minimum atomic E-state index is -4.36. The number of alkyl halides is 3. The van der Waals surface area contributed by atoms with Crippen molar-refractivity contribution >= 4 is 17.6 Å². The highest BCUT2D eigenvalue weighted by atomic mass is 19.4. The van der Waals surface area contributed by atoms with Crippen LogP contribution in [0.1, 0.15) is 38.2 Å². The molecule has 1 saturated carbocycles. The normalized spacial score (nSPS) is 22.2. The van der Waals surface area contributed by atoms with Crippen molar-refractivity contribution in [2.45, 2.75) is 45.2 Å². The molecule has 25 heavy (non-hydrogen) atoms.